The minimum Gasteiger partial charge on any atom is -0.508 e. The molecule has 2 aliphatic rings. The molecule has 0 radical (unpaired) electrons. The Labute approximate surface area is 134 Å². The lowest BCUT2D eigenvalue weighted by molar-refractivity contribution is 0.227. The summed E-state index contributed by atoms with van der Waals surface area (Å²) in [6, 6.07) is 9.64. The van der Waals surface area contributed by atoms with Crippen molar-refractivity contribution in [1.82, 2.24) is 4.90 Å². The molecule has 1 aliphatic carbocycles. The summed E-state index contributed by atoms with van der Waals surface area (Å²) < 4.78 is 0. The van der Waals surface area contributed by atoms with Crippen LogP contribution in [0.15, 0.2) is 30.3 Å². The third kappa shape index (κ3) is 2.05. The van der Waals surface area contributed by atoms with Gasteiger partial charge in [-0.1, -0.05) is 12.1 Å². The minimum absolute atomic E-state index is 0. The second-order valence-electron chi connectivity index (χ2n) is 5.82. The topological polar surface area (TPSA) is 43.7 Å². The molecular weight excluding hydrogens is 330 g/mol. The molecule has 0 unspecified atom stereocenters. The minimum atomic E-state index is 0. The summed E-state index contributed by atoms with van der Waals surface area (Å²) in [5, 5.41) is 20.1. The van der Waals surface area contributed by atoms with Crippen LogP contribution in [-0.2, 0) is 12.8 Å². The van der Waals surface area contributed by atoms with Crippen molar-refractivity contribution in [3.63, 3.8) is 0 Å². The second-order valence-corrected chi connectivity index (χ2v) is 5.82. The van der Waals surface area contributed by atoms with Gasteiger partial charge < -0.3 is 10.2 Å². The van der Waals surface area contributed by atoms with Crippen LogP contribution in [0.2, 0.25) is 0 Å². The number of benzene rings is 2. The Kier molecular flexibility index (Phi) is 3.46. The molecule has 0 saturated heterocycles. The maximum atomic E-state index is 10.3. The Hall–Kier alpha value is -1.52. The predicted octanol–water partition coefficient (Wildman–Crippen LogP) is 3.43. The van der Waals surface area contributed by atoms with Crippen molar-refractivity contribution >= 4 is 17.0 Å². The van der Waals surface area contributed by atoms with Crippen LogP contribution in [0.3, 0.4) is 0 Å². The van der Waals surface area contributed by atoms with E-state index in [4.69, 9.17) is 0 Å². The molecule has 110 valence electrons. The third-order valence-electron chi connectivity index (χ3n) is 4.69. The highest BCUT2D eigenvalue weighted by atomic mass is 79.9. The molecule has 0 fully saturated rings. The number of rotatable bonds is 0. The zero-order valence-electron chi connectivity index (χ0n) is 11.8. The third-order valence-corrected chi connectivity index (χ3v) is 4.69. The summed E-state index contributed by atoms with van der Waals surface area (Å²) in [5.74, 6) is 0.568. The van der Waals surface area contributed by atoms with Gasteiger partial charge >= 0.3 is 0 Å². The largest absolute Gasteiger partial charge is 0.508 e. The van der Waals surface area contributed by atoms with Crippen molar-refractivity contribution in [3.8, 4) is 22.6 Å². The van der Waals surface area contributed by atoms with E-state index in [0.29, 0.717) is 11.8 Å². The van der Waals surface area contributed by atoms with Gasteiger partial charge in [0, 0.05) is 18.2 Å². The Morgan fingerprint density at radius 3 is 2.67 bits per heavy atom. The van der Waals surface area contributed by atoms with E-state index in [2.05, 4.69) is 11.9 Å². The van der Waals surface area contributed by atoms with Crippen LogP contribution < -0.4 is 0 Å². The van der Waals surface area contributed by atoms with Crippen LogP contribution in [0, 0.1) is 0 Å². The van der Waals surface area contributed by atoms with Gasteiger partial charge in [0.25, 0.3) is 0 Å². The number of hydrogen-bond acceptors (Lipinski definition) is 3. The van der Waals surface area contributed by atoms with Gasteiger partial charge in [-0.05, 0) is 60.3 Å². The molecule has 21 heavy (non-hydrogen) atoms. The van der Waals surface area contributed by atoms with Crippen LogP contribution in [-0.4, -0.2) is 28.7 Å². The summed E-state index contributed by atoms with van der Waals surface area (Å²) >= 11 is 0. The maximum absolute atomic E-state index is 10.3. The van der Waals surface area contributed by atoms with Gasteiger partial charge in [-0.15, -0.1) is 17.0 Å². The molecule has 4 rings (SSSR count). The highest BCUT2D eigenvalue weighted by molar-refractivity contribution is 8.93. The van der Waals surface area contributed by atoms with Gasteiger partial charge in [-0.2, -0.15) is 0 Å². The number of fused-ring (bicyclic) bond motifs is 2. The number of halogens is 1. The first-order valence-corrected chi connectivity index (χ1v) is 7.02. The molecule has 2 aromatic rings. The number of phenols is 2. The van der Waals surface area contributed by atoms with E-state index in [-0.39, 0.29) is 22.7 Å². The molecule has 0 amide bonds. The molecule has 2 N–H and O–H groups in total. The Morgan fingerprint density at radius 1 is 1.10 bits per heavy atom. The zero-order valence-corrected chi connectivity index (χ0v) is 13.5. The van der Waals surface area contributed by atoms with Gasteiger partial charge in [0.15, 0.2) is 0 Å². The summed E-state index contributed by atoms with van der Waals surface area (Å²) in [4.78, 5) is 2.36. The average Bonchev–Trinajstić information content (AvgIpc) is 2.44. The van der Waals surface area contributed by atoms with E-state index in [0.717, 1.165) is 30.5 Å². The lowest BCUT2D eigenvalue weighted by atomic mass is 9.77. The van der Waals surface area contributed by atoms with Crippen LogP contribution >= 0.6 is 17.0 Å². The zero-order chi connectivity index (χ0) is 13.9. The number of hydrogen-bond donors (Lipinski definition) is 2. The number of nitrogens with zero attached hydrogens (tertiary/aromatic N) is 1. The molecule has 3 nitrogen and oxygen atoms in total. The summed E-state index contributed by atoms with van der Waals surface area (Å²) in [6.45, 7) is 1.05. The fourth-order valence-electron chi connectivity index (χ4n) is 3.65. The van der Waals surface area contributed by atoms with Gasteiger partial charge in [0.2, 0.25) is 0 Å². The normalized spacial score (nSPS) is 19.4. The molecule has 1 heterocycles. The molecule has 2 aromatic carbocycles. The monoisotopic (exact) mass is 347 g/mol. The summed E-state index contributed by atoms with van der Waals surface area (Å²) in [7, 11) is 2.15. The van der Waals surface area contributed by atoms with Crippen molar-refractivity contribution in [2.75, 3.05) is 13.6 Å². The standard InChI is InChI=1S/C17H17NO2.BrH/c1-18-7-6-10-3-5-15(20)17-13-9-12(19)4-2-11(13)8-14(18)16(10)17;/h2-5,9,14,19-20H,6-8H2,1H3;1H/t14-;/m1./s1. The van der Waals surface area contributed by atoms with E-state index in [1.165, 1.54) is 16.7 Å². The van der Waals surface area contributed by atoms with Gasteiger partial charge in [-0.25, -0.2) is 0 Å². The second kappa shape index (κ2) is 5.04. The Morgan fingerprint density at radius 2 is 1.86 bits per heavy atom. The first-order chi connectivity index (χ1) is 9.65. The number of phenolic OH excluding ortho intramolecular Hbond substituents is 2. The SMILES string of the molecule is Br.CN1CCc2ccc(O)c3c2[C@H]1Cc1ccc(O)cc1-3. The highest BCUT2D eigenvalue weighted by Crippen LogP contribution is 2.48. The quantitative estimate of drug-likeness (QED) is 0.767. The van der Waals surface area contributed by atoms with E-state index >= 15 is 0 Å². The Bertz CT molecular complexity index is 714. The first kappa shape index (κ1) is 14.4. The van der Waals surface area contributed by atoms with Crippen molar-refractivity contribution in [2.24, 2.45) is 0 Å². The van der Waals surface area contributed by atoms with Gasteiger partial charge in [0.05, 0.1) is 0 Å². The molecule has 4 heteroatoms. The number of aromatic hydroxyl groups is 2. The van der Waals surface area contributed by atoms with Gasteiger partial charge in [0.1, 0.15) is 11.5 Å². The number of likely N-dealkylation sites (N-methyl/N-ethyl adjacent to an activating group) is 1. The lowest BCUT2D eigenvalue weighted by Crippen LogP contribution is -2.35. The molecule has 0 bridgehead atoms. The molecule has 1 aliphatic heterocycles. The van der Waals surface area contributed by atoms with Crippen LogP contribution in [0.1, 0.15) is 22.7 Å². The van der Waals surface area contributed by atoms with Crippen molar-refractivity contribution in [1.29, 1.82) is 0 Å². The highest BCUT2D eigenvalue weighted by Gasteiger charge is 2.34. The molecule has 1 atom stereocenters. The van der Waals surface area contributed by atoms with E-state index in [1.54, 1.807) is 18.2 Å². The van der Waals surface area contributed by atoms with Crippen molar-refractivity contribution < 1.29 is 10.2 Å². The van der Waals surface area contributed by atoms with Crippen molar-refractivity contribution in [2.45, 2.75) is 18.9 Å². The average molecular weight is 348 g/mol. The van der Waals surface area contributed by atoms with E-state index in [1.807, 2.05) is 12.1 Å². The maximum Gasteiger partial charge on any atom is 0.123 e. The fraction of sp³-hybridized carbons (Fsp3) is 0.294. The molecule has 0 aromatic heterocycles. The predicted molar refractivity (Wildman–Crippen MR) is 88.3 cm³/mol. The van der Waals surface area contributed by atoms with Gasteiger partial charge in [-0.3, -0.25) is 4.90 Å². The molecular formula is C17H18BrNO2. The lowest BCUT2D eigenvalue weighted by Gasteiger charge is -2.39. The van der Waals surface area contributed by atoms with Crippen molar-refractivity contribution in [3.05, 3.63) is 47.0 Å². The smallest absolute Gasteiger partial charge is 0.123 e. The summed E-state index contributed by atoms with van der Waals surface area (Å²) in [6.07, 6.45) is 1.96. The molecule has 0 saturated carbocycles. The first-order valence-electron chi connectivity index (χ1n) is 7.02. The Balaban J connectivity index is 0.00000132. The van der Waals surface area contributed by atoms with Crippen LogP contribution in [0.4, 0.5) is 0 Å². The van der Waals surface area contributed by atoms with Crippen LogP contribution in [0.5, 0.6) is 11.5 Å². The molecule has 0 spiro atoms. The van der Waals surface area contributed by atoms with Crippen LogP contribution in [0.25, 0.3) is 11.1 Å². The van der Waals surface area contributed by atoms with E-state index in [9.17, 15) is 10.2 Å². The van der Waals surface area contributed by atoms with E-state index < -0.39 is 0 Å². The fourth-order valence-corrected chi connectivity index (χ4v) is 3.65. The summed E-state index contributed by atoms with van der Waals surface area (Å²) in [5.41, 5.74) is 5.66.